The fourth-order valence-corrected chi connectivity index (χ4v) is 3.45. The fourth-order valence-electron chi connectivity index (χ4n) is 3.45. The molecule has 35 heavy (non-hydrogen) atoms. The first kappa shape index (κ1) is 23.6. The Bertz CT molecular complexity index is 1390. The van der Waals surface area contributed by atoms with E-state index >= 15 is 0 Å². The molecule has 0 atom stereocenters. The van der Waals surface area contributed by atoms with Crippen LogP contribution in [0.3, 0.4) is 0 Å². The molecule has 0 radical (unpaired) electrons. The Kier molecular flexibility index (Phi) is 7.10. The lowest BCUT2D eigenvalue weighted by molar-refractivity contribution is -0.116. The number of carbonyl (C=O) groups is 1. The van der Waals surface area contributed by atoms with Crippen molar-refractivity contribution in [3.63, 3.8) is 0 Å². The van der Waals surface area contributed by atoms with Crippen molar-refractivity contribution >= 4 is 11.6 Å². The Hall–Kier alpha value is -4.60. The summed E-state index contributed by atoms with van der Waals surface area (Å²) in [5, 5.41) is 6.76. The Morgan fingerprint density at radius 3 is 2.60 bits per heavy atom. The lowest BCUT2D eigenvalue weighted by Gasteiger charge is -2.12. The van der Waals surface area contributed by atoms with Crippen LogP contribution in [0.4, 0.5) is 5.69 Å². The molecule has 10 heteroatoms. The van der Waals surface area contributed by atoms with E-state index in [0.717, 1.165) is 0 Å². The first-order chi connectivity index (χ1) is 17.0. The molecule has 0 bridgehead atoms. The van der Waals surface area contributed by atoms with Crippen LogP contribution in [-0.4, -0.2) is 41.4 Å². The number of amides is 1. The van der Waals surface area contributed by atoms with Gasteiger partial charge in [0.05, 0.1) is 26.5 Å². The van der Waals surface area contributed by atoms with E-state index in [-0.39, 0.29) is 29.7 Å². The predicted molar refractivity (Wildman–Crippen MR) is 129 cm³/mol. The molecule has 0 saturated heterocycles. The number of hydrogen-bond acceptors (Lipinski definition) is 8. The van der Waals surface area contributed by atoms with Crippen molar-refractivity contribution in [3.8, 4) is 40.1 Å². The minimum absolute atomic E-state index is 0.0382. The minimum Gasteiger partial charge on any atom is -0.493 e. The molecule has 2 heterocycles. The van der Waals surface area contributed by atoms with Crippen LogP contribution in [-0.2, 0) is 11.3 Å². The molecule has 0 saturated carbocycles. The van der Waals surface area contributed by atoms with Gasteiger partial charge in [-0.3, -0.25) is 9.59 Å². The summed E-state index contributed by atoms with van der Waals surface area (Å²) in [5.41, 5.74) is 0.888. The van der Waals surface area contributed by atoms with E-state index in [2.05, 4.69) is 15.5 Å². The van der Waals surface area contributed by atoms with Gasteiger partial charge in [-0.2, -0.15) is 4.98 Å². The maximum Gasteiger partial charge on any atom is 0.263 e. The highest BCUT2D eigenvalue weighted by atomic mass is 16.5. The van der Waals surface area contributed by atoms with E-state index in [9.17, 15) is 9.59 Å². The molecule has 4 aromatic rings. The second-order valence-corrected chi connectivity index (χ2v) is 7.33. The van der Waals surface area contributed by atoms with Crippen LogP contribution in [0.1, 0.15) is 6.92 Å². The molecule has 0 aliphatic heterocycles. The van der Waals surface area contributed by atoms with Crippen molar-refractivity contribution in [2.45, 2.75) is 13.5 Å². The van der Waals surface area contributed by atoms with Gasteiger partial charge < -0.3 is 28.6 Å². The number of nitrogens with one attached hydrogen (secondary N) is 1. The molecule has 0 unspecified atom stereocenters. The molecule has 0 aliphatic carbocycles. The first-order valence-corrected chi connectivity index (χ1v) is 10.8. The number of para-hydroxylation sites is 2. The molecular formula is C25H24N4O6. The van der Waals surface area contributed by atoms with E-state index in [1.54, 1.807) is 55.6 Å². The summed E-state index contributed by atoms with van der Waals surface area (Å²) in [6, 6.07) is 15.5. The molecule has 0 fully saturated rings. The van der Waals surface area contributed by atoms with Crippen LogP contribution in [0.15, 0.2) is 70.1 Å². The number of benzene rings is 2. The Balaban J connectivity index is 1.55. The average Bonchev–Trinajstić information content (AvgIpc) is 3.36. The zero-order valence-electron chi connectivity index (χ0n) is 19.5. The number of ether oxygens (including phenoxy) is 3. The number of aromatic nitrogens is 3. The van der Waals surface area contributed by atoms with Crippen LogP contribution < -0.4 is 25.1 Å². The highest BCUT2D eigenvalue weighted by molar-refractivity contribution is 5.92. The third kappa shape index (κ3) is 5.16. The maximum absolute atomic E-state index is 13.1. The molecule has 2 aromatic heterocycles. The van der Waals surface area contributed by atoms with Gasteiger partial charge in [0.1, 0.15) is 17.9 Å². The van der Waals surface area contributed by atoms with E-state index in [0.29, 0.717) is 35.1 Å². The molecular weight excluding hydrogens is 452 g/mol. The number of hydrogen-bond donors (Lipinski definition) is 1. The molecule has 0 spiro atoms. The lowest BCUT2D eigenvalue weighted by atomic mass is 10.2. The molecule has 180 valence electrons. The normalized spacial score (nSPS) is 10.6. The van der Waals surface area contributed by atoms with Gasteiger partial charge >= 0.3 is 0 Å². The number of carbonyl (C=O) groups excluding carboxylic acids is 1. The molecule has 2 aromatic carbocycles. The molecule has 4 rings (SSSR count). The van der Waals surface area contributed by atoms with E-state index in [4.69, 9.17) is 18.7 Å². The van der Waals surface area contributed by atoms with Gasteiger partial charge in [-0.05, 0) is 49.4 Å². The standard InChI is InChI=1S/C25H24N4O6/c1-4-34-19-10-6-5-9-18(19)26-22(30)15-29-13-7-8-17(25(29)31)24-27-23(28-35-24)16-11-12-20(32-2)21(14-16)33-3/h5-14H,4,15H2,1-3H3,(H,26,30). The van der Waals surface area contributed by atoms with Crippen LogP contribution in [0, 0.1) is 0 Å². The predicted octanol–water partition coefficient (Wildman–Crippen LogP) is 3.62. The zero-order valence-corrected chi connectivity index (χ0v) is 19.5. The van der Waals surface area contributed by atoms with E-state index in [1.165, 1.54) is 17.9 Å². The number of nitrogens with zero attached hydrogens (tertiary/aromatic N) is 3. The van der Waals surface area contributed by atoms with E-state index < -0.39 is 5.56 Å². The van der Waals surface area contributed by atoms with Gasteiger partial charge in [0.25, 0.3) is 11.4 Å². The van der Waals surface area contributed by atoms with Crippen LogP contribution >= 0.6 is 0 Å². The summed E-state index contributed by atoms with van der Waals surface area (Å²) in [7, 11) is 3.07. The number of anilines is 1. The smallest absolute Gasteiger partial charge is 0.263 e. The van der Waals surface area contributed by atoms with Crippen molar-refractivity contribution < 1.29 is 23.5 Å². The molecule has 10 nitrogen and oxygen atoms in total. The Morgan fingerprint density at radius 1 is 1.03 bits per heavy atom. The quantitative estimate of drug-likeness (QED) is 0.389. The van der Waals surface area contributed by atoms with Gasteiger partial charge in [0, 0.05) is 11.8 Å². The summed E-state index contributed by atoms with van der Waals surface area (Å²) in [6.45, 7) is 2.12. The van der Waals surface area contributed by atoms with Crippen LogP contribution in [0.25, 0.3) is 22.8 Å². The van der Waals surface area contributed by atoms with Crippen molar-refractivity contribution in [1.82, 2.24) is 14.7 Å². The van der Waals surface area contributed by atoms with Gasteiger partial charge in [0.2, 0.25) is 11.7 Å². The molecule has 1 N–H and O–H groups in total. The summed E-state index contributed by atoms with van der Waals surface area (Å²) in [6.07, 6.45) is 1.52. The highest BCUT2D eigenvalue weighted by Gasteiger charge is 2.17. The van der Waals surface area contributed by atoms with Gasteiger partial charge in [-0.1, -0.05) is 17.3 Å². The highest BCUT2D eigenvalue weighted by Crippen LogP contribution is 2.31. The summed E-state index contributed by atoms with van der Waals surface area (Å²) >= 11 is 0. The summed E-state index contributed by atoms with van der Waals surface area (Å²) in [5.74, 6) is 1.56. The Morgan fingerprint density at radius 2 is 1.83 bits per heavy atom. The van der Waals surface area contributed by atoms with Gasteiger partial charge in [0.15, 0.2) is 11.5 Å². The topological polar surface area (TPSA) is 118 Å². The summed E-state index contributed by atoms with van der Waals surface area (Å²) < 4.78 is 22.7. The van der Waals surface area contributed by atoms with Crippen LogP contribution in [0.2, 0.25) is 0 Å². The Labute approximate surface area is 201 Å². The lowest BCUT2D eigenvalue weighted by Crippen LogP contribution is -2.28. The number of methoxy groups -OCH3 is 2. The average molecular weight is 476 g/mol. The largest absolute Gasteiger partial charge is 0.493 e. The molecule has 0 aliphatic rings. The van der Waals surface area contributed by atoms with Crippen molar-refractivity contribution in [2.75, 3.05) is 26.1 Å². The first-order valence-electron chi connectivity index (χ1n) is 10.8. The fraction of sp³-hybridized carbons (Fsp3) is 0.200. The van der Waals surface area contributed by atoms with Crippen molar-refractivity contribution in [3.05, 3.63) is 71.1 Å². The van der Waals surface area contributed by atoms with Gasteiger partial charge in [-0.25, -0.2) is 0 Å². The minimum atomic E-state index is -0.441. The second-order valence-electron chi connectivity index (χ2n) is 7.33. The second kappa shape index (κ2) is 10.6. The van der Waals surface area contributed by atoms with Crippen molar-refractivity contribution in [2.24, 2.45) is 0 Å². The molecule has 1 amide bonds. The van der Waals surface area contributed by atoms with Gasteiger partial charge in [-0.15, -0.1) is 0 Å². The monoisotopic (exact) mass is 476 g/mol. The summed E-state index contributed by atoms with van der Waals surface area (Å²) in [4.78, 5) is 30.0. The van der Waals surface area contributed by atoms with E-state index in [1.807, 2.05) is 13.0 Å². The zero-order chi connectivity index (χ0) is 24.8. The SMILES string of the molecule is CCOc1ccccc1NC(=O)Cn1cccc(-c2nc(-c3ccc(OC)c(OC)c3)no2)c1=O. The van der Waals surface area contributed by atoms with Crippen LogP contribution in [0.5, 0.6) is 17.2 Å². The third-order valence-corrected chi connectivity index (χ3v) is 5.09. The third-order valence-electron chi connectivity index (χ3n) is 5.09. The maximum atomic E-state index is 13.1. The van der Waals surface area contributed by atoms with Crippen molar-refractivity contribution in [1.29, 1.82) is 0 Å². The number of pyridine rings is 1. The number of rotatable bonds is 9.